The third kappa shape index (κ3) is 4.02. The number of rotatable bonds is 4. The Morgan fingerprint density at radius 1 is 1.20 bits per heavy atom. The molecule has 0 spiro atoms. The van der Waals surface area contributed by atoms with Crippen molar-refractivity contribution in [2.24, 2.45) is 0 Å². The zero-order valence-electron chi connectivity index (χ0n) is 10.2. The monoisotopic (exact) mass is 509 g/mol. The first-order valence-electron chi connectivity index (χ1n) is 5.79. The summed E-state index contributed by atoms with van der Waals surface area (Å²) in [7, 11) is 0. The predicted octanol–water partition coefficient (Wildman–Crippen LogP) is 5.64. The minimum atomic E-state index is -0.382. The summed E-state index contributed by atoms with van der Waals surface area (Å²) in [5.74, 6) is 0. The molecule has 0 amide bonds. The molecule has 0 saturated carbocycles. The van der Waals surface area contributed by atoms with Crippen molar-refractivity contribution >= 4 is 60.1 Å². The van der Waals surface area contributed by atoms with Crippen LogP contribution in [-0.4, -0.2) is 4.92 Å². The van der Waals surface area contributed by atoms with E-state index in [1.165, 1.54) is 9.13 Å². The molecule has 1 unspecified atom stereocenters. The molecule has 0 radical (unpaired) electrons. The summed E-state index contributed by atoms with van der Waals surface area (Å²) in [6.45, 7) is 0. The normalized spacial score (nSPS) is 12.2. The highest BCUT2D eigenvalue weighted by atomic mass is 127. The molecule has 2 aromatic carbocycles. The Balaban J connectivity index is 2.16. The number of hydrogen-bond donors (Lipinski definition) is 0. The fraction of sp³-hybridized carbons (Fsp3) is 0.143. The molecule has 2 rings (SSSR count). The Labute approximate surface area is 147 Å². The molecule has 20 heavy (non-hydrogen) atoms. The lowest BCUT2D eigenvalue weighted by molar-refractivity contribution is -0.384. The summed E-state index contributed by atoms with van der Waals surface area (Å²) in [6.07, 6.45) is 0.782. The molecule has 104 valence electrons. The van der Waals surface area contributed by atoms with E-state index in [2.05, 4.69) is 66.6 Å². The van der Waals surface area contributed by atoms with Gasteiger partial charge in [-0.15, -0.1) is 0 Å². The first-order chi connectivity index (χ1) is 9.47. The number of hydrogen-bond acceptors (Lipinski definition) is 2. The molecule has 0 heterocycles. The zero-order chi connectivity index (χ0) is 14.7. The average Bonchev–Trinajstić information content (AvgIpc) is 2.42. The van der Waals surface area contributed by atoms with Crippen LogP contribution in [0.4, 0.5) is 5.69 Å². The van der Waals surface area contributed by atoms with Crippen molar-refractivity contribution in [1.82, 2.24) is 0 Å². The Morgan fingerprint density at radius 2 is 1.85 bits per heavy atom. The molecule has 2 aromatic rings. The highest BCUT2D eigenvalue weighted by Crippen LogP contribution is 2.32. The Kier molecular flexibility index (Phi) is 5.57. The summed E-state index contributed by atoms with van der Waals surface area (Å²) in [5, 5.41) is 10.6. The van der Waals surface area contributed by atoms with Gasteiger partial charge in [-0.25, -0.2) is 0 Å². The number of benzene rings is 2. The smallest absolute Gasteiger partial charge is 0.258 e. The van der Waals surface area contributed by atoms with E-state index in [1.807, 2.05) is 6.07 Å². The van der Waals surface area contributed by atoms with Crippen molar-refractivity contribution in [3.8, 4) is 0 Å². The van der Waals surface area contributed by atoms with Crippen LogP contribution in [0.15, 0.2) is 46.9 Å². The number of nitro groups is 1. The van der Waals surface area contributed by atoms with Crippen molar-refractivity contribution < 1.29 is 4.92 Å². The maximum atomic E-state index is 10.6. The lowest BCUT2D eigenvalue weighted by atomic mass is 10.0. The summed E-state index contributed by atoms with van der Waals surface area (Å²) < 4.78 is 2.23. The van der Waals surface area contributed by atoms with Crippen molar-refractivity contribution in [3.63, 3.8) is 0 Å². The maximum absolute atomic E-state index is 10.6. The van der Waals surface area contributed by atoms with E-state index < -0.39 is 0 Å². The molecular weight excluding hydrogens is 501 g/mol. The lowest BCUT2D eigenvalue weighted by Gasteiger charge is -2.13. The lowest BCUT2D eigenvalue weighted by Crippen LogP contribution is -1.98. The second-order valence-electron chi connectivity index (χ2n) is 4.26. The van der Waals surface area contributed by atoms with Crippen LogP contribution in [0.1, 0.15) is 16.0 Å². The molecule has 0 N–H and O–H groups in total. The molecule has 0 saturated heterocycles. The SMILES string of the molecule is O=[N+]([O-])c1ccc(CC(Br)c2cc(Br)ccc2I)cc1. The van der Waals surface area contributed by atoms with Crippen LogP contribution in [0, 0.1) is 13.7 Å². The van der Waals surface area contributed by atoms with Gasteiger partial charge in [-0.3, -0.25) is 10.1 Å². The van der Waals surface area contributed by atoms with Crippen molar-refractivity contribution in [1.29, 1.82) is 0 Å². The van der Waals surface area contributed by atoms with Gasteiger partial charge in [0.2, 0.25) is 0 Å². The van der Waals surface area contributed by atoms with Crippen LogP contribution in [0.5, 0.6) is 0 Å². The average molecular weight is 511 g/mol. The maximum Gasteiger partial charge on any atom is 0.269 e. The van der Waals surface area contributed by atoms with Crippen LogP contribution in [0.2, 0.25) is 0 Å². The molecule has 6 heteroatoms. The van der Waals surface area contributed by atoms with Crippen molar-refractivity contribution in [3.05, 3.63) is 71.7 Å². The van der Waals surface area contributed by atoms with Crippen LogP contribution < -0.4 is 0 Å². The minimum absolute atomic E-state index is 0.122. The molecule has 0 bridgehead atoms. The largest absolute Gasteiger partial charge is 0.269 e. The summed E-state index contributed by atoms with van der Waals surface area (Å²) in [5.41, 5.74) is 2.39. The van der Waals surface area contributed by atoms with E-state index >= 15 is 0 Å². The molecule has 0 fully saturated rings. The molecule has 0 aromatic heterocycles. The van der Waals surface area contributed by atoms with Gasteiger partial charge < -0.3 is 0 Å². The Morgan fingerprint density at radius 3 is 2.45 bits per heavy atom. The molecule has 0 aliphatic rings. The highest BCUT2D eigenvalue weighted by Gasteiger charge is 2.13. The summed E-state index contributed by atoms with van der Waals surface area (Å²) >= 11 is 9.48. The third-order valence-electron chi connectivity index (χ3n) is 2.86. The van der Waals surface area contributed by atoms with Gasteiger partial charge in [-0.1, -0.05) is 44.0 Å². The number of halogens is 3. The number of nitrogens with zero attached hydrogens (tertiary/aromatic N) is 1. The van der Waals surface area contributed by atoms with Gasteiger partial charge >= 0.3 is 0 Å². The highest BCUT2D eigenvalue weighted by molar-refractivity contribution is 14.1. The van der Waals surface area contributed by atoms with Crippen LogP contribution in [0.3, 0.4) is 0 Å². The first kappa shape index (κ1) is 15.9. The fourth-order valence-corrected chi connectivity index (χ4v) is 4.10. The molecule has 3 nitrogen and oxygen atoms in total. The van der Waals surface area contributed by atoms with Gasteiger partial charge in [0.25, 0.3) is 5.69 Å². The topological polar surface area (TPSA) is 43.1 Å². The van der Waals surface area contributed by atoms with E-state index in [1.54, 1.807) is 24.3 Å². The standard InChI is InChI=1S/C14H10Br2INO2/c15-10-3-6-14(17)12(8-10)13(16)7-9-1-4-11(5-2-9)18(19)20/h1-6,8,13H,7H2. The van der Waals surface area contributed by atoms with E-state index in [-0.39, 0.29) is 15.4 Å². The summed E-state index contributed by atoms with van der Waals surface area (Å²) in [4.78, 5) is 10.4. The molecule has 0 aliphatic heterocycles. The van der Waals surface area contributed by atoms with Crippen LogP contribution in [-0.2, 0) is 6.42 Å². The van der Waals surface area contributed by atoms with Gasteiger partial charge in [0.1, 0.15) is 0 Å². The van der Waals surface area contributed by atoms with E-state index in [4.69, 9.17) is 0 Å². The zero-order valence-corrected chi connectivity index (χ0v) is 15.6. The Hall–Kier alpha value is -0.470. The second kappa shape index (κ2) is 7.00. The van der Waals surface area contributed by atoms with Gasteiger partial charge in [0.15, 0.2) is 0 Å². The number of nitro benzene ring substituents is 1. The summed E-state index contributed by atoms with van der Waals surface area (Å²) in [6, 6.07) is 12.9. The van der Waals surface area contributed by atoms with Crippen LogP contribution >= 0.6 is 54.5 Å². The van der Waals surface area contributed by atoms with E-state index in [0.717, 1.165) is 16.5 Å². The first-order valence-corrected chi connectivity index (χ1v) is 8.58. The van der Waals surface area contributed by atoms with Gasteiger partial charge in [-0.05, 0) is 58.3 Å². The molecule has 1 atom stereocenters. The molecule has 0 aliphatic carbocycles. The van der Waals surface area contributed by atoms with Gasteiger partial charge in [0.05, 0.1) is 4.92 Å². The van der Waals surface area contributed by atoms with Crippen LogP contribution in [0.25, 0.3) is 0 Å². The molecular formula is C14H10Br2INO2. The minimum Gasteiger partial charge on any atom is -0.258 e. The van der Waals surface area contributed by atoms with Gasteiger partial charge in [-0.2, -0.15) is 0 Å². The van der Waals surface area contributed by atoms with Gasteiger partial charge in [0, 0.05) is 25.0 Å². The number of non-ortho nitro benzene ring substituents is 1. The van der Waals surface area contributed by atoms with E-state index in [9.17, 15) is 10.1 Å². The van der Waals surface area contributed by atoms with E-state index in [0.29, 0.717) is 0 Å². The number of alkyl halides is 1. The fourth-order valence-electron chi connectivity index (χ4n) is 1.83. The van der Waals surface area contributed by atoms with Crippen molar-refractivity contribution in [2.75, 3.05) is 0 Å². The second-order valence-corrected chi connectivity index (χ2v) is 7.44. The predicted molar refractivity (Wildman–Crippen MR) is 95.3 cm³/mol. The quantitative estimate of drug-likeness (QED) is 0.231. The third-order valence-corrected chi connectivity index (χ3v) is 5.15. The Bertz CT molecular complexity index is 632. The van der Waals surface area contributed by atoms with Crippen molar-refractivity contribution in [2.45, 2.75) is 11.2 Å².